The van der Waals surface area contributed by atoms with E-state index in [4.69, 9.17) is 23.6 Å². The molecule has 0 bridgehead atoms. The van der Waals surface area contributed by atoms with Crippen LogP contribution in [0.25, 0.3) is 11.1 Å². The quantitative estimate of drug-likeness (QED) is 0.697. The molecule has 2 aliphatic heterocycles. The van der Waals surface area contributed by atoms with Gasteiger partial charge in [0.1, 0.15) is 11.3 Å². The SMILES string of the molecule is COc1cc2c(cc1CN1CCCC(c3nc4ccccc4o3)C1)OCO2. The fourth-order valence-electron chi connectivity index (χ4n) is 3.99. The molecule has 1 unspecified atom stereocenters. The zero-order valence-electron chi connectivity index (χ0n) is 15.3. The van der Waals surface area contributed by atoms with Crippen LogP contribution in [0.4, 0.5) is 0 Å². The van der Waals surface area contributed by atoms with E-state index in [1.807, 2.05) is 36.4 Å². The van der Waals surface area contributed by atoms with Crippen LogP contribution in [0.5, 0.6) is 17.2 Å². The average molecular weight is 366 g/mol. The second-order valence-electron chi connectivity index (χ2n) is 7.11. The summed E-state index contributed by atoms with van der Waals surface area (Å²) in [5.74, 6) is 3.53. The highest BCUT2D eigenvalue weighted by Gasteiger charge is 2.27. The Morgan fingerprint density at radius 3 is 2.89 bits per heavy atom. The van der Waals surface area contributed by atoms with Crippen molar-refractivity contribution in [3.8, 4) is 17.2 Å². The Bertz CT molecular complexity index is 935. The molecule has 0 saturated carbocycles. The van der Waals surface area contributed by atoms with Gasteiger partial charge in [-0.25, -0.2) is 4.98 Å². The topological polar surface area (TPSA) is 57.0 Å². The van der Waals surface area contributed by atoms with Gasteiger partial charge in [0.2, 0.25) is 6.79 Å². The second kappa shape index (κ2) is 6.78. The van der Waals surface area contributed by atoms with Crippen molar-refractivity contribution in [3.05, 3.63) is 47.9 Å². The molecule has 0 aliphatic carbocycles. The predicted molar refractivity (Wildman–Crippen MR) is 100 cm³/mol. The molecule has 5 rings (SSSR count). The number of oxazole rings is 1. The van der Waals surface area contributed by atoms with Crippen LogP contribution < -0.4 is 14.2 Å². The van der Waals surface area contributed by atoms with Crippen molar-refractivity contribution in [1.29, 1.82) is 0 Å². The van der Waals surface area contributed by atoms with Crippen molar-refractivity contribution >= 4 is 11.1 Å². The van der Waals surface area contributed by atoms with Gasteiger partial charge in [0, 0.05) is 30.6 Å². The number of benzene rings is 2. The molecule has 27 heavy (non-hydrogen) atoms. The summed E-state index contributed by atoms with van der Waals surface area (Å²) < 4.78 is 22.6. The minimum Gasteiger partial charge on any atom is -0.496 e. The third kappa shape index (κ3) is 3.10. The molecule has 3 heterocycles. The van der Waals surface area contributed by atoms with Crippen LogP contribution in [0.3, 0.4) is 0 Å². The molecule has 1 aromatic heterocycles. The Labute approximate surface area is 157 Å². The number of likely N-dealkylation sites (tertiary alicyclic amines) is 1. The lowest BCUT2D eigenvalue weighted by molar-refractivity contribution is 0.173. The summed E-state index contributed by atoms with van der Waals surface area (Å²) in [6, 6.07) is 11.9. The molecular weight excluding hydrogens is 344 g/mol. The normalized spacial score (nSPS) is 19.5. The lowest BCUT2D eigenvalue weighted by atomic mass is 9.97. The molecule has 1 saturated heterocycles. The number of hydrogen-bond donors (Lipinski definition) is 0. The third-order valence-electron chi connectivity index (χ3n) is 5.33. The van der Waals surface area contributed by atoms with Gasteiger partial charge in [-0.2, -0.15) is 0 Å². The Balaban J connectivity index is 1.35. The molecular formula is C21H22N2O4. The van der Waals surface area contributed by atoms with Gasteiger partial charge in [0.25, 0.3) is 0 Å². The molecule has 6 nitrogen and oxygen atoms in total. The first kappa shape index (κ1) is 16.4. The Morgan fingerprint density at radius 1 is 1.19 bits per heavy atom. The summed E-state index contributed by atoms with van der Waals surface area (Å²) in [5.41, 5.74) is 2.91. The monoisotopic (exact) mass is 366 g/mol. The second-order valence-corrected chi connectivity index (χ2v) is 7.11. The van der Waals surface area contributed by atoms with Gasteiger partial charge in [-0.05, 0) is 37.6 Å². The number of hydrogen-bond acceptors (Lipinski definition) is 6. The van der Waals surface area contributed by atoms with Gasteiger partial charge in [-0.15, -0.1) is 0 Å². The van der Waals surface area contributed by atoms with Crippen molar-refractivity contribution < 1.29 is 18.6 Å². The molecule has 2 aromatic carbocycles. The molecule has 1 atom stereocenters. The van der Waals surface area contributed by atoms with E-state index >= 15 is 0 Å². The molecule has 3 aromatic rings. The largest absolute Gasteiger partial charge is 0.496 e. The van der Waals surface area contributed by atoms with E-state index in [0.717, 1.165) is 72.3 Å². The Morgan fingerprint density at radius 2 is 2.04 bits per heavy atom. The summed E-state index contributed by atoms with van der Waals surface area (Å²) >= 11 is 0. The van der Waals surface area contributed by atoms with Crippen LogP contribution in [-0.4, -0.2) is 36.9 Å². The number of piperidine rings is 1. The number of fused-ring (bicyclic) bond motifs is 2. The number of nitrogens with zero attached hydrogens (tertiary/aromatic N) is 2. The maximum Gasteiger partial charge on any atom is 0.231 e. The van der Waals surface area contributed by atoms with Crippen molar-refractivity contribution in [3.63, 3.8) is 0 Å². The number of para-hydroxylation sites is 2. The molecule has 0 amide bonds. The summed E-state index contributed by atoms with van der Waals surface area (Å²) in [6.07, 6.45) is 2.22. The molecule has 140 valence electrons. The van der Waals surface area contributed by atoms with Crippen LogP contribution in [0, 0.1) is 0 Å². The number of methoxy groups -OCH3 is 1. The Kier molecular flexibility index (Phi) is 4.13. The number of aromatic nitrogens is 1. The summed E-state index contributed by atoms with van der Waals surface area (Å²) in [4.78, 5) is 7.14. The van der Waals surface area contributed by atoms with E-state index in [2.05, 4.69) is 4.90 Å². The molecule has 6 heteroatoms. The smallest absolute Gasteiger partial charge is 0.231 e. The first-order valence-corrected chi connectivity index (χ1v) is 9.34. The highest BCUT2D eigenvalue weighted by molar-refractivity contribution is 5.72. The number of rotatable bonds is 4. The van der Waals surface area contributed by atoms with Crippen molar-refractivity contribution in [2.75, 3.05) is 27.0 Å². The van der Waals surface area contributed by atoms with Crippen LogP contribution in [0.15, 0.2) is 40.8 Å². The minimum absolute atomic E-state index is 0.269. The first-order valence-electron chi connectivity index (χ1n) is 9.34. The van der Waals surface area contributed by atoms with Crippen LogP contribution in [0.1, 0.15) is 30.2 Å². The van der Waals surface area contributed by atoms with Crippen LogP contribution in [0.2, 0.25) is 0 Å². The van der Waals surface area contributed by atoms with Crippen molar-refractivity contribution in [2.24, 2.45) is 0 Å². The van der Waals surface area contributed by atoms with Crippen molar-refractivity contribution in [2.45, 2.75) is 25.3 Å². The standard InChI is InChI=1S/C21H22N2O4/c1-24-18-10-20-19(25-13-26-20)9-15(18)12-23-8-4-5-14(11-23)21-22-16-6-2-3-7-17(16)27-21/h2-3,6-7,9-10,14H,4-5,8,11-13H2,1H3. The van der Waals surface area contributed by atoms with E-state index in [1.54, 1.807) is 7.11 Å². The number of ether oxygens (including phenoxy) is 3. The summed E-state index contributed by atoms with van der Waals surface area (Å²) in [6.45, 7) is 3.04. The van der Waals surface area contributed by atoms with E-state index in [-0.39, 0.29) is 6.79 Å². The summed E-state index contributed by atoms with van der Waals surface area (Å²) in [5, 5.41) is 0. The first-order chi connectivity index (χ1) is 13.3. The fourth-order valence-corrected chi connectivity index (χ4v) is 3.99. The lowest BCUT2D eigenvalue weighted by Crippen LogP contribution is -2.34. The van der Waals surface area contributed by atoms with E-state index in [1.165, 1.54) is 0 Å². The highest BCUT2D eigenvalue weighted by Crippen LogP contribution is 2.39. The van der Waals surface area contributed by atoms with Crippen LogP contribution >= 0.6 is 0 Å². The zero-order chi connectivity index (χ0) is 18.2. The zero-order valence-corrected chi connectivity index (χ0v) is 15.3. The predicted octanol–water partition coefficient (Wildman–Crippen LogP) is 3.94. The van der Waals surface area contributed by atoms with Gasteiger partial charge in [0.05, 0.1) is 7.11 Å². The highest BCUT2D eigenvalue weighted by atomic mass is 16.7. The minimum atomic E-state index is 0.269. The Hall–Kier alpha value is -2.73. The van der Waals surface area contributed by atoms with Gasteiger partial charge >= 0.3 is 0 Å². The molecule has 2 aliphatic rings. The van der Waals surface area contributed by atoms with E-state index in [0.29, 0.717) is 5.92 Å². The maximum atomic E-state index is 6.01. The molecule has 1 fully saturated rings. The molecule has 0 radical (unpaired) electrons. The summed E-state index contributed by atoms with van der Waals surface area (Å²) in [7, 11) is 1.69. The van der Waals surface area contributed by atoms with E-state index in [9.17, 15) is 0 Å². The third-order valence-corrected chi connectivity index (χ3v) is 5.33. The van der Waals surface area contributed by atoms with Crippen molar-refractivity contribution in [1.82, 2.24) is 9.88 Å². The van der Waals surface area contributed by atoms with Gasteiger partial charge in [-0.3, -0.25) is 4.90 Å². The van der Waals surface area contributed by atoms with Gasteiger partial charge in [-0.1, -0.05) is 12.1 Å². The van der Waals surface area contributed by atoms with Gasteiger partial charge in [0.15, 0.2) is 23.0 Å². The van der Waals surface area contributed by atoms with Gasteiger partial charge < -0.3 is 18.6 Å². The molecule has 0 spiro atoms. The maximum absolute atomic E-state index is 6.01. The van der Waals surface area contributed by atoms with Crippen LogP contribution in [-0.2, 0) is 6.54 Å². The lowest BCUT2D eigenvalue weighted by Gasteiger charge is -2.31. The van der Waals surface area contributed by atoms with E-state index < -0.39 is 0 Å². The average Bonchev–Trinajstić information content (AvgIpc) is 3.33. The molecule has 0 N–H and O–H groups in total. The fraction of sp³-hybridized carbons (Fsp3) is 0.381.